The van der Waals surface area contributed by atoms with Crippen molar-refractivity contribution in [3.63, 3.8) is 0 Å². The summed E-state index contributed by atoms with van der Waals surface area (Å²) < 4.78 is 5.08. The first kappa shape index (κ1) is 15.4. The number of likely N-dealkylation sites (N-methyl/N-ethyl adjacent to an activating group) is 1. The lowest BCUT2D eigenvalue weighted by Crippen LogP contribution is -2.22. The van der Waals surface area contributed by atoms with Crippen LogP contribution in [0.5, 0.6) is 0 Å². The minimum absolute atomic E-state index is 0.471. The Labute approximate surface area is 129 Å². The van der Waals surface area contributed by atoms with Gasteiger partial charge in [0.15, 0.2) is 0 Å². The van der Waals surface area contributed by atoms with Gasteiger partial charge in [0.1, 0.15) is 5.01 Å². The van der Waals surface area contributed by atoms with Crippen LogP contribution in [0.15, 0.2) is 29.6 Å². The zero-order valence-electron chi connectivity index (χ0n) is 11.8. The van der Waals surface area contributed by atoms with Crippen molar-refractivity contribution in [2.75, 3.05) is 27.3 Å². The number of nitrogens with zero attached hydrogens (tertiary/aromatic N) is 2. The monoisotopic (exact) mass is 310 g/mol. The van der Waals surface area contributed by atoms with Gasteiger partial charge < -0.3 is 4.74 Å². The third-order valence-corrected chi connectivity index (χ3v) is 4.23. The van der Waals surface area contributed by atoms with E-state index < -0.39 is 0 Å². The van der Waals surface area contributed by atoms with Crippen LogP contribution in [0.2, 0.25) is 0 Å². The van der Waals surface area contributed by atoms with Gasteiger partial charge in [0.25, 0.3) is 0 Å². The van der Waals surface area contributed by atoms with E-state index in [2.05, 4.69) is 41.2 Å². The van der Waals surface area contributed by atoms with E-state index in [4.69, 9.17) is 16.3 Å². The van der Waals surface area contributed by atoms with Gasteiger partial charge in [-0.25, -0.2) is 4.98 Å². The lowest BCUT2D eigenvalue weighted by molar-refractivity contribution is 0.158. The second-order valence-electron chi connectivity index (χ2n) is 4.71. The van der Waals surface area contributed by atoms with Crippen LogP contribution in [-0.2, 0) is 17.2 Å². The molecule has 20 heavy (non-hydrogen) atoms. The average molecular weight is 311 g/mol. The summed E-state index contributed by atoms with van der Waals surface area (Å²) in [6, 6.07) is 8.55. The van der Waals surface area contributed by atoms with Crippen LogP contribution in [0.1, 0.15) is 11.3 Å². The van der Waals surface area contributed by atoms with E-state index in [0.717, 1.165) is 36.0 Å². The Hall–Kier alpha value is -0.940. The summed E-state index contributed by atoms with van der Waals surface area (Å²) in [7, 11) is 3.83. The van der Waals surface area contributed by atoms with Crippen LogP contribution in [-0.4, -0.2) is 37.2 Å². The highest BCUT2D eigenvalue weighted by Gasteiger charge is 2.05. The Kier molecular flexibility index (Phi) is 5.98. The third-order valence-electron chi connectivity index (χ3n) is 3.02. The normalized spacial score (nSPS) is 11.2. The molecular formula is C15H19ClN2OS. The van der Waals surface area contributed by atoms with Crippen LogP contribution in [0.25, 0.3) is 10.6 Å². The van der Waals surface area contributed by atoms with E-state index in [-0.39, 0.29) is 0 Å². The smallest absolute Gasteiger partial charge is 0.123 e. The summed E-state index contributed by atoms with van der Waals surface area (Å²) in [4.78, 5) is 6.73. The van der Waals surface area contributed by atoms with Crippen LogP contribution >= 0.6 is 22.9 Å². The van der Waals surface area contributed by atoms with Gasteiger partial charge in [0.2, 0.25) is 0 Å². The predicted octanol–water partition coefficient (Wildman–Crippen LogP) is 3.63. The number of thiazole rings is 1. The number of benzene rings is 1. The Morgan fingerprint density at radius 1 is 1.30 bits per heavy atom. The Morgan fingerprint density at radius 3 is 2.65 bits per heavy atom. The number of methoxy groups -OCH3 is 1. The van der Waals surface area contributed by atoms with E-state index in [1.54, 1.807) is 18.4 Å². The molecule has 2 aromatic rings. The van der Waals surface area contributed by atoms with Crippen LogP contribution in [0, 0.1) is 0 Å². The molecule has 5 heteroatoms. The molecule has 0 saturated heterocycles. The molecule has 0 spiro atoms. The van der Waals surface area contributed by atoms with Gasteiger partial charge in [-0.2, -0.15) is 0 Å². The van der Waals surface area contributed by atoms with Crippen molar-refractivity contribution in [2.45, 2.75) is 12.4 Å². The van der Waals surface area contributed by atoms with Crippen molar-refractivity contribution in [1.82, 2.24) is 9.88 Å². The number of hydrogen-bond acceptors (Lipinski definition) is 4. The second-order valence-corrected chi connectivity index (χ2v) is 5.83. The van der Waals surface area contributed by atoms with E-state index in [9.17, 15) is 0 Å². The van der Waals surface area contributed by atoms with E-state index in [0.29, 0.717) is 5.88 Å². The quantitative estimate of drug-likeness (QED) is 0.730. The molecule has 0 aliphatic carbocycles. The van der Waals surface area contributed by atoms with Crippen molar-refractivity contribution in [2.24, 2.45) is 0 Å². The Balaban J connectivity index is 1.99. The maximum absolute atomic E-state index is 5.78. The third kappa shape index (κ3) is 4.28. The van der Waals surface area contributed by atoms with Gasteiger partial charge in [0, 0.05) is 31.1 Å². The first-order valence-corrected chi connectivity index (χ1v) is 7.91. The molecule has 0 atom stereocenters. The average Bonchev–Trinajstić information content (AvgIpc) is 2.95. The maximum Gasteiger partial charge on any atom is 0.123 e. The largest absolute Gasteiger partial charge is 0.383 e. The van der Waals surface area contributed by atoms with Gasteiger partial charge >= 0.3 is 0 Å². The molecule has 0 bridgehead atoms. The van der Waals surface area contributed by atoms with Crippen LogP contribution in [0.4, 0.5) is 0 Å². The van der Waals surface area contributed by atoms with Crippen LogP contribution in [0.3, 0.4) is 0 Å². The van der Waals surface area contributed by atoms with E-state index >= 15 is 0 Å². The zero-order valence-corrected chi connectivity index (χ0v) is 13.4. The molecule has 0 N–H and O–H groups in total. The van der Waals surface area contributed by atoms with Gasteiger partial charge in [-0.15, -0.1) is 22.9 Å². The highest BCUT2D eigenvalue weighted by atomic mass is 35.5. The molecule has 0 aliphatic heterocycles. The fourth-order valence-electron chi connectivity index (χ4n) is 1.89. The number of ether oxygens (including phenoxy) is 1. The number of halogens is 1. The summed E-state index contributed by atoms with van der Waals surface area (Å²) >= 11 is 7.42. The summed E-state index contributed by atoms with van der Waals surface area (Å²) in [6.45, 7) is 2.62. The van der Waals surface area contributed by atoms with E-state index in [1.165, 1.54) is 5.56 Å². The first-order chi connectivity index (χ1) is 9.72. The molecule has 1 aromatic carbocycles. The molecule has 108 valence electrons. The predicted molar refractivity (Wildman–Crippen MR) is 85.3 cm³/mol. The number of alkyl halides is 1. The molecule has 2 rings (SSSR count). The molecule has 1 aromatic heterocycles. The van der Waals surface area contributed by atoms with Crippen molar-refractivity contribution in [1.29, 1.82) is 0 Å². The molecule has 0 amide bonds. The Bertz CT molecular complexity index is 527. The van der Waals surface area contributed by atoms with Gasteiger partial charge in [-0.1, -0.05) is 24.3 Å². The minimum Gasteiger partial charge on any atom is -0.383 e. The number of rotatable bonds is 7. The highest BCUT2D eigenvalue weighted by Crippen LogP contribution is 2.24. The molecule has 1 heterocycles. The first-order valence-electron chi connectivity index (χ1n) is 6.50. The molecule has 3 nitrogen and oxygen atoms in total. The lowest BCUT2D eigenvalue weighted by atomic mass is 10.1. The zero-order chi connectivity index (χ0) is 14.4. The van der Waals surface area contributed by atoms with Crippen molar-refractivity contribution >= 4 is 22.9 Å². The standard InChI is InChI=1S/C15H19ClN2OS/c1-18(7-8-19-2)10-12-3-5-13(6-4-12)15-17-14(9-16)11-20-15/h3-6,11H,7-10H2,1-2H3. The Morgan fingerprint density at radius 2 is 2.05 bits per heavy atom. The van der Waals surface area contributed by atoms with Gasteiger partial charge in [0.05, 0.1) is 18.2 Å². The molecule has 0 unspecified atom stereocenters. The lowest BCUT2D eigenvalue weighted by Gasteiger charge is -2.16. The number of aromatic nitrogens is 1. The fraction of sp³-hybridized carbons (Fsp3) is 0.400. The summed E-state index contributed by atoms with van der Waals surface area (Å²) in [6.07, 6.45) is 0. The van der Waals surface area contributed by atoms with Gasteiger partial charge in [-0.05, 0) is 12.6 Å². The molecular weight excluding hydrogens is 292 g/mol. The topological polar surface area (TPSA) is 25.4 Å². The molecule has 0 aliphatic rings. The van der Waals surface area contributed by atoms with Crippen LogP contribution < -0.4 is 0 Å². The number of hydrogen-bond donors (Lipinski definition) is 0. The van der Waals surface area contributed by atoms with Crippen molar-refractivity contribution < 1.29 is 4.74 Å². The fourth-order valence-corrected chi connectivity index (χ4v) is 2.95. The molecule has 0 radical (unpaired) electrons. The van der Waals surface area contributed by atoms with E-state index in [1.807, 2.05) is 5.38 Å². The molecule has 0 saturated carbocycles. The summed E-state index contributed by atoms with van der Waals surface area (Å²) in [5, 5.41) is 3.04. The van der Waals surface area contributed by atoms with Gasteiger partial charge in [-0.3, -0.25) is 4.90 Å². The highest BCUT2D eigenvalue weighted by molar-refractivity contribution is 7.13. The van der Waals surface area contributed by atoms with Crippen molar-refractivity contribution in [3.8, 4) is 10.6 Å². The maximum atomic E-state index is 5.78. The summed E-state index contributed by atoms with van der Waals surface area (Å²) in [5.41, 5.74) is 3.38. The summed E-state index contributed by atoms with van der Waals surface area (Å²) in [5.74, 6) is 0.471. The molecule has 0 fully saturated rings. The second kappa shape index (κ2) is 7.74. The minimum atomic E-state index is 0.471. The van der Waals surface area contributed by atoms with Crippen molar-refractivity contribution in [3.05, 3.63) is 40.9 Å². The SMILES string of the molecule is COCCN(C)Cc1ccc(-c2nc(CCl)cs2)cc1.